The third-order valence-corrected chi connectivity index (χ3v) is 6.34. The Labute approximate surface area is 171 Å². The van der Waals surface area contributed by atoms with Gasteiger partial charge >= 0.3 is 0 Å². The zero-order valence-electron chi connectivity index (χ0n) is 16.5. The summed E-state index contributed by atoms with van der Waals surface area (Å²) in [6.45, 7) is 3.76. The Morgan fingerprint density at radius 3 is 2.21 bits per heavy atom. The van der Waals surface area contributed by atoms with Gasteiger partial charge in [0, 0.05) is 18.2 Å². The van der Waals surface area contributed by atoms with Crippen molar-refractivity contribution in [2.45, 2.75) is 37.8 Å². The Morgan fingerprint density at radius 1 is 1.00 bits per heavy atom. The van der Waals surface area contributed by atoms with Crippen molar-refractivity contribution in [1.29, 1.82) is 0 Å². The predicted octanol–water partition coefficient (Wildman–Crippen LogP) is 2.06. The molecule has 2 aromatic carbocycles. The standard InChI is InChI=1S/C19H25N3O5S2/c1-4-14(2)21-29(26,27)17-11-9-15(10-12-17)19(23)20-13-16-7-5-6-8-18(16)22-28(3,24)25/h5-12,14,21-22H,4,13H2,1-3H3,(H,20,23). The molecule has 0 saturated carbocycles. The highest BCUT2D eigenvalue weighted by molar-refractivity contribution is 7.92. The first-order chi connectivity index (χ1) is 13.5. The molecule has 1 atom stereocenters. The molecule has 2 rings (SSSR count). The fraction of sp³-hybridized carbons (Fsp3) is 0.316. The number of sulfonamides is 2. The van der Waals surface area contributed by atoms with Gasteiger partial charge in [0.05, 0.1) is 16.8 Å². The highest BCUT2D eigenvalue weighted by Crippen LogP contribution is 2.17. The minimum Gasteiger partial charge on any atom is -0.348 e. The Hall–Kier alpha value is -2.43. The number of hydrogen-bond acceptors (Lipinski definition) is 5. The Morgan fingerprint density at radius 2 is 1.62 bits per heavy atom. The lowest BCUT2D eigenvalue weighted by Crippen LogP contribution is -2.32. The molecule has 0 heterocycles. The van der Waals surface area contributed by atoms with E-state index in [1.165, 1.54) is 24.3 Å². The van der Waals surface area contributed by atoms with Gasteiger partial charge in [0.25, 0.3) is 5.91 Å². The van der Waals surface area contributed by atoms with Gasteiger partial charge < -0.3 is 5.32 Å². The molecule has 0 aliphatic rings. The molecule has 1 amide bonds. The van der Waals surface area contributed by atoms with Crippen molar-refractivity contribution in [1.82, 2.24) is 10.0 Å². The maximum Gasteiger partial charge on any atom is 0.251 e. The summed E-state index contributed by atoms with van der Waals surface area (Å²) in [5, 5.41) is 2.70. The van der Waals surface area contributed by atoms with Crippen molar-refractivity contribution < 1.29 is 21.6 Å². The summed E-state index contributed by atoms with van der Waals surface area (Å²) >= 11 is 0. The molecule has 0 bridgehead atoms. The van der Waals surface area contributed by atoms with Crippen molar-refractivity contribution in [2.75, 3.05) is 11.0 Å². The van der Waals surface area contributed by atoms with Crippen LogP contribution in [0.3, 0.4) is 0 Å². The van der Waals surface area contributed by atoms with E-state index in [4.69, 9.17) is 0 Å². The zero-order chi connectivity index (χ0) is 21.7. The topological polar surface area (TPSA) is 121 Å². The van der Waals surface area contributed by atoms with Crippen LogP contribution in [-0.4, -0.2) is 35.0 Å². The number of anilines is 1. The van der Waals surface area contributed by atoms with Crippen molar-refractivity contribution in [2.24, 2.45) is 0 Å². The Balaban J connectivity index is 2.08. The van der Waals surface area contributed by atoms with Gasteiger partial charge in [0.1, 0.15) is 0 Å². The number of rotatable bonds is 9. The van der Waals surface area contributed by atoms with Gasteiger partial charge in [-0.3, -0.25) is 9.52 Å². The second-order valence-corrected chi connectivity index (χ2v) is 10.1. The zero-order valence-corrected chi connectivity index (χ0v) is 18.1. The van der Waals surface area contributed by atoms with E-state index in [0.29, 0.717) is 23.2 Å². The lowest BCUT2D eigenvalue weighted by molar-refractivity contribution is 0.0951. The third kappa shape index (κ3) is 6.84. The highest BCUT2D eigenvalue weighted by Gasteiger charge is 2.17. The average molecular weight is 440 g/mol. The predicted molar refractivity (Wildman–Crippen MR) is 113 cm³/mol. The van der Waals surface area contributed by atoms with E-state index in [1.807, 2.05) is 6.92 Å². The summed E-state index contributed by atoms with van der Waals surface area (Å²) in [6, 6.07) is 12.1. The second kappa shape index (κ2) is 9.38. The van der Waals surface area contributed by atoms with E-state index in [-0.39, 0.29) is 17.5 Å². The molecular weight excluding hydrogens is 414 g/mol. The monoisotopic (exact) mass is 439 g/mol. The molecule has 29 heavy (non-hydrogen) atoms. The minimum absolute atomic E-state index is 0.0806. The second-order valence-electron chi connectivity index (χ2n) is 6.67. The Kier molecular flexibility index (Phi) is 7.39. The lowest BCUT2D eigenvalue weighted by atomic mass is 10.1. The molecule has 0 aliphatic carbocycles. The molecule has 8 nitrogen and oxygen atoms in total. The normalized spacial score (nSPS) is 12.9. The first kappa shape index (κ1) is 22.9. The maximum absolute atomic E-state index is 12.4. The van der Waals surface area contributed by atoms with Gasteiger partial charge in [-0.2, -0.15) is 0 Å². The third-order valence-electron chi connectivity index (χ3n) is 4.15. The largest absolute Gasteiger partial charge is 0.348 e. The fourth-order valence-corrected chi connectivity index (χ4v) is 4.38. The van der Waals surface area contributed by atoms with Gasteiger partial charge in [0.2, 0.25) is 20.0 Å². The number of nitrogens with one attached hydrogen (secondary N) is 3. The molecule has 10 heteroatoms. The SMILES string of the molecule is CCC(C)NS(=O)(=O)c1ccc(C(=O)NCc2ccccc2NS(C)(=O)=O)cc1. The molecule has 0 fully saturated rings. The number of para-hydroxylation sites is 1. The summed E-state index contributed by atoms with van der Waals surface area (Å²) < 4.78 is 52.4. The van der Waals surface area contributed by atoms with Crippen LogP contribution in [0.25, 0.3) is 0 Å². The van der Waals surface area contributed by atoms with Crippen LogP contribution >= 0.6 is 0 Å². The first-order valence-electron chi connectivity index (χ1n) is 8.98. The Bertz CT molecular complexity index is 1070. The summed E-state index contributed by atoms with van der Waals surface area (Å²) in [5.41, 5.74) is 1.28. The van der Waals surface area contributed by atoms with Gasteiger partial charge in [-0.15, -0.1) is 0 Å². The van der Waals surface area contributed by atoms with E-state index in [0.717, 1.165) is 6.26 Å². The van der Waals surface area contributed by atoms with E-state index >= 15 is 0 Å². The lowest BCUT2D eigenvalue weighted by Gasteiger charge is -2.13. The van der Waals surface area contributed by atoms with Crippen molar-refractivity contribution in [3.63, 3.8) is 0 Å². The number of hydrogen-bond donors (Lipinski definition) is 3. The van der Waals surface area contributed by atoms with E-state index < -0.39 is 26.0 Å². The number of amides is 1. The number of carbonyl (C=O) groups is 1. The molecule has 0 aromatic heterocycles. The van der Waals surface area contributed by atoms with Crippen LogP contribution in [0.2, 0.25) is 0 Å². The van der Waals surface area contributed by atoms with Crippen LogP contribution in [0.15, 0.2) is 53.4 Å². The van der Waals surface area contributed by atoms with Crippen LogP contribution in [-0.2, 0) is 26.6 Å². The average Bonchev–Trinajstić information content (AvgIpc) is 2.65. The molecule has 1 unspecified atom stereocenters. The fourth-order valence-electron chi connectivity index (χ4n) is 2.45. The van der Waals surface area contributed by atoms with Gasteiger partial charge in [0.15, 0.2) is 0 Å². The van der Waals surface area contributed by atoms with Crippen LogP contribution < -0.4 is 14.8 Å². The molecule has 3 N–H and O–H groups in total. The van der Waals surface area contributed by atoms with Gasteiger partial charge in [-0.1, -0.05) is 25.1 Å². The molecule has 0 radical (unpaired) electrons. The van der Waals surface area contributed by atoms with Gasteiger partial charge in [-0.05, 0) is 49.2 Å². The van der Waals surface area contributed by atoms with Crippen LogP contribution in [0.4, 0.5) is 5.69 Å². The molecule has 0 saturated heterocycles. The van der Waals surface area contributed by atoms with Crippen molar-refractivity contribution in [3.05, 3.63) is 59.7 Å². The van der Waals surface area contributed by atoms with Crippen LogP contribution in [0.5, 0.6) is 0 Å². The summed E-state index contributed by atoms with van der Waals surface area (Å²) in [7, 11) is -7.08. The van der Waals surface area contributed by atoms with Gasteiger partial charge in [-0.25, -0.2) is 21.6 Å². The summed E-state index contributed by atoms with van der Waals surface area (Å²) in [5.74, 6) is -0.405. The van der Waals surface area contributed by atoms with E-state index in [9.17, 15) is 21.6 Å². The smallest absolute Gasteiger partial charge is 0.251 e. The molecule has 2 aromatic rings. The maximum atomic E-state index is 12.4. The molecular formula is C19H25N3O5S2. The molecule has 0 spiro atoms. The first-order valence-corrected chi connectivity index (χ1v) is 12.4. The van der Waals surface area contributed by atoms with Crippen molar-refractivity contribution >= 4 is 31.6 Å². The van der Waals surface area contributed by atoms with E-state index in [2.05, 4.69) is 14.8 Å². The number of carbonyl (C=O) groups excluding carboxylic acids is 1. The summed E-state index contributed by atoms with van der Waals surface area (Å²) in [4.78, 5) is 12.5. The molecule has 0 aliphatic heterocycles. The van der Waals surface area contributed by atoms with Crippen LogP contribution in [0.1, 0.15) is 36.2 Å². The summed E-state index contributed by atoms with van der Waals surface area (Å²) in [6.07, 6.45) is 1.71. The minimum atomic E-state index is -3.64. The van der Waals surface area contributed by atoms with Crippen molar-refractivity contribution in [3.8, 4) is 0 Å². The molecule has 158 valence electrons. The number of benzene rings is 2. The quantitative estimate of drug-likeness (QED) is 0.552. The highest BCUT2D eigenvalue weighted by atomic mass is 32.2. The van der Waals surface area contributed by atoms with E-state index in [1.54, 1.807) is 31.2 Å². The van der Waals surface area contributed by atoms with Crippen LogP contribution in [0, 0.1) is 0 Å².